The van der Waals surface area contributed by atoms with Gasteiger partial charge in [-0.05, 0) is 96.3 Å². The van der Waals surface area contributed by atoms with Crippen molar-refractivity contribution in [2.45, 2.75) is 239 Å². The fraction of sp³-hybridized carbons (Fsp3) is 0.696. The van der Waals surface area contributed by atoms with E-state index in [1.807, 2.05) is 6.08 Å². The molecule has 0 aliphatic carbocycles. The van der Waals surface area contributed by atoms with E-state index < -0.39 is 6.10 Å². The number of carbonyl (C=O) groups is 3. The van der Waals surface area contributed by atoms with Gasteiger partial charge < -0.3 is 14.2 Å². The van der Waals surface area contributed by atoms with Gasteiger partial charge in [-0.2, -0.15) is 0 Å². The second-order valence-corrected chi connectivity index (χ2v) is 16.7. The van der Waals surface area contributed by atoms with E-state index in [-0.39, 0.29) is 37.5 Å². The van der Waals surface area contributed by atoms with Gasteiger partial charge in [0.15, 0.2) is 6.10 Å². The molecule has 0 aliphatic rings. The minimum absolute atomic E-state index is 0.106. The van der Waals surface area contributed by atoms with Crippen LogP contribution in [0.25, 0.3) is 0 Å². The van der Waals surface area contributed by atoms with Crippen molar-refractivity contribution in [1.82, 2.24) is 0 Å². The topological polar surface area (TPSA) is 78.9 Å². The molecule has 6 heteroatoms. The summed E-state index contributed by atoms with van der Waals surface area (Å²) in [6.07, 6.45) is 64.3. The maximum absolute atomic E-state index is 12.8. The van der Waals surface area contributed by atoms with Gasteiger partial charge in [-0.25, -0.2) is 0 Å². The van der Waals surface area contributed by atoms with E-state index in [1.165, 1.54) is 89.9 Å². The average molecular weight is 863 g/mol. The van der Waals surface area contributed by atoms with Gasteiger partial charge in [-0.3, -0.25) is 14.4 Å². The quantitative estimate of drug-likeness (QED) is 0.0199. The number of unbranched alkanes of at least 4 members (excludes halogenated alkanes) is 21. The summed E-state index contributed by atoms with van der Waals surface area (Å²) in [5.41, 5.74) is 0. The van der Waals surface area contributed by atoms with Gasteiger partial charge in [0.1, 0.15) is 13.2 Å². The minimum Gasteiger partial charge on any atom is -0.462 e. The first-order valence-corrected chi connectivity index (χ1v) is 25.6. The molecule has 354 valence electrons. The van der Waals surface area contributed by atoms with Crippen molar-refractivity contribution in [3.8, 4) is 0 Å². The van der Waals surface area contributed by atoms with E-state index in [1.54, 1.807) is 0 Å². The molecule has 0 N–H and O–H groups in total. The molecule has 0 amide bonds. The van der Waals surface area contributed by atoms with Crippen molar-refractivity contribution in [3.05, 3.63) is 85.1 Å². The fourth-order valence-electron chi connectivity index (χ4n) is 6.79. The predicted octanol–water partition coefficient (Wildman–Crippen LogP) is 16.8. The number of esters is 3. The van der Waals surface area contributed by atoms with Crippen molar-refractivity contribution in [3.63, 3.8) is 0 Å². The van der Waals surface area contributed by atoms with E-state index in [2.05, 4.69) is 99.8 Å². The standard InChI is InChI=1S/C56H94O6/c1-4-7-10-13-16-19-22-25-27-29-31-34-37-40-43-46-49-55(58)61-52-53(51-60-54(57)48-45-42-39-36-33-30-24-21-18-15-12-9-6-3)62-56(59)50-47-44-41-38-35-32-28-26-23-20-17-14-11-8-5-2/h7,10,16-17,19-20,23,25-27,30,33,39,42,53H,4-6,8-9,11-15,18,21-22,24,28-29,31-32,34-38,40-41,43-52H2,1-3H3/b10-7+,19-16+,20-17+,26-23+,27-25+,33-30+,42-39+. The van der Waals surface area contributed by atoms with E-state index >= 15 is 0 Å². The Morgan fingerprint density at radius 2 is 0.710 bits per heavy atom. The average Bonchev–Trinajstić information content (AvgIpc) is 3.27. The lowest BCUT2D eigenvalue weighted by Gasteiger charge is -2.18. The number of ether oxygens (including phenoxy) is 3. The SMILES string of the molecule is CC/C=C/C/C=C/C/C=C/CCCCCCCCC(=O)OCC(COC(=O)CC/C=C/C/C=C/CCCCCCCC)OC(=O)CCCCCCCC/C=C/C=C/CCCCC. The Morgan fingerprint density at radius 3 is 1.21 bits per heavy atom. The summed E-state index contributed by atoms with van der Waals surface area (Å²) in [6, 6.07) is 0. The van der Waals surface area contributed by atoms with Crippen molar-refractivity contribution < 1.29 is 28.6 Å². The molecule has 0 bridgehead atoms. The summed E-state index contributed by atoms with van der Waals surface area (Å²) in [6.45, 7) is 6.41. The van der Waals surface area contributed by atoms with Gasteiger partial charge >= 0.3 is 17.9 Å². The van der Waals surface area contributed by atoms with Crippen LogP contribution in [0.2, 0.25) is 0 Å². The fourth-order valence-corrected chi connectivity index (χ4v) is 6.79. The highest BCUT2D eigenvalue weighted by atomic mass is 16.6. The van der Waals surface area contributed by atoms with Crippen molar-refractivity contribution in [2.24, 2.45) is 0 Å². The number of hydrogen-bond donors (Lipinski definition) is 0. The minimum atomic E-state index is -0.810. The van der Waals surface area contributed by atoms with Gasteiger partial charge in [0.2, 0.25) is 0 Å². The number of hydrogen-bond acceptors (Lipinski definition) is 6. The molecule has 0 aliphatic heterocycles. The third kappa shape index (κ3) is 47.6. The monoisotopic (exact) mass is 863 g/mol. The molecular weight excluding hydrogens is 769 g/mol. The lowest BCUT2D eigenvalue weighted by molar-refractivity contribution is -0.166. The molecule has 0 saturated heterocycles. The van der Waals surface area contributed by atoms with E-state index in [9.17, 15) is 14.4 Å². The van der Waals surface area contributed by atoms with Crippen LogP contribution in [0.4, 0.5) is 0 Å². The number of allylic oxidation sites excluding steroid dienone is 14. The van der Waals surface area contributed by atoms with Crippen LogP contribution < -0.4 is 0 Å². The molecule has 0 radical (unpaired) electrons. The van der Waals surface area contributed by atoms with E-state index in [4.69, 9.17) is 14.2 Å². The van der Waals surface area contributed by atoms with Gasteiger partial charge in [0.25, 0.3) is 0 Å². The summed E-state index contributed by atoms with van der Waals surface area (Å²) in [4.78, 5) is 37.9. The normalized spacial score (nSPS) is 12.8. The third-order valence-corrected chi connectivity index (χ3v) is 10.6. The van der Waals surface area contributed by atoms with Crippen LogP contribution in [0.3, 0.4) is 0 Å². The Balaban J connectivity index is 4.49. The lowest BCUT2D eigenvalue weighted by atomic mass is 10.1. The first-order chi connectivity index (χ1) is 30.5. The van der Waals surface area contributed by atoms with Crippen LogP contribution in [-0.4, -0.2) is 37.2 Å². The molecule has 0 heterocycles. The maximum Gasteiger partial charge on any atom is 0.306 e. The second kappa shape index (κ2) is 50.2. The summed E-state index contributed by atoms with van der Waals surface area (Å²) in [5, 5.41) is 0. The van der Waals surface area contributed by atoms with Gasteiger partial charge in [0, 0.05) is 19.3 Å². The Hall–Kier alpha value is -3.41. The van der Waals surface area contributed by atoms with Crippen LogP contribution in [0, 0.1) is 0 Å². The third-order valence-electron chi connectivity index (χ3n) is 10.6. The largest absolute Gasteiger partial charge is 0.462 e. The molecule has 0 aromatic carbocycles. The van der Waals surface area contributed by atoms with Crippen LogP contribution in [0.15, 0.2) is 85.1 Å². The van der Waals surface area contributed by atoms with Crippen LogP contribution in [0.5, 0.6) is 0 Å². The van der Waals surface area contributed by atoms with Crippen LogP contribution in [-0.2, 0) is 28.6 Å². The maximum atomic E-state index is 12.8. The molecule has 1 unspecified atom stereocenters. The zero-order valence-electron chi connectivity index (χ0n) is 40.4. The summed E-state index contributed by atoms with van der Waals surface area (Å²) in [5.74, 6) is -1.00. The molecule has 62 heavy (non-hydrogen) atoms. The van der Waals surface area contributed by atoms with Crippen LogP contribution >= 0.6 is 0 Å². The highest BCUT2D eigenvalue weighted by Gasteiger charge is 2.19. The number of carbonyl (C=O) groups excluding carboxylic acids is 3. The van der Waals surface area contributed by atoms with Gasteiger partial charge in [-0.1, -0.05) is 202 Å². The Bertz CT molecular complexity index is 1220. The Morgan fingerprint density at radius 1 is 0.355 bits per heavy atom. The highest BCUT2D eigenvalue weighted by Crippen LogP contribution is 2.13. The van der Waals surface area contributed by atoms with Crippen molar-refractivity contribution in [1.29, 1.82) is 0 Å². The van der Waals surface area contributed by atoms with Crippen molar-refractivity contribution >= 4 is 17.9 Å². The molecule has 1 atom stereocenters. The molecule has 0 rings (SSSR count). The predicted molar refractivity (Wildman–Crippen MR) is 265 cm³/mol. The van der Waals surface area contributed by atoms with Crippen LogP contribution in [0.1, 0.15) is 233 Å². The molecule has 0 aromatic rings. The zero-order chi connectivity index (χ0) is 45.1. The molecule has 0 spiro atoms. The first kappa shape index (κ1) is 58.6. The molecule has 6 nitrogen and oxygen atoms in total. The first-order valence-electron chi connectivity index (χ1n) is 25.6. The molecular formula is C56H94O6. The molecule has 0 fully saturated rings. The summed E-state index contributed by atoms with van der Waals surface area (Å²) in [7, 11) is 0. The van der Waals surface area contributed by atoms with E-state index in [0.717, 1.165) is 96.3 Å². The van der Waals surface area contributed by atoms with Crippen molar-refractivity contribution in [2.75, 3.05) is 13.2 Å². The Kier molecular flexibility index (Phi) is 47.5. The summed E-state index contributed by atoms with van der Waals surface area (Å²) >= 11 is 0. The van der Waals surface area contributed by atoms with Gasteiger partial charge in [0.05, 0.1) is 0 Å². The second-order valence-electron chi connectivity index (χ2n) is 16.7. The highest BCUT2D eigenvalue weighted by molar-refractivity contribution is 5.71. The van der Waals surface area contributed by atoms with E-state index in [0.29, 0.717) is 19.3 Å². The molecule has 0 aromatic heterocycles. The number of rotatable bonds is 45. The summed E-state index contributed by atoms with van der Waals surface area (Å²) < 4.78 is 16.7. The van der Waals surface area contributed by atoms with Gasteiger partial charge in [-0.15, -0.1) is 0 Å². The molecule has 0 saturated carbocycles. The lowest BCUT2D eigenvalue weighted by Crippen LogP contribution is -2.30. The zero-order valence-corrected chi connectivity index (χ0v) is 40.4. The smallest absolute Gasteiger partial charge is 0.306 e. The Labute approximate surface area is 382 Å².